The molecule has 0 atom stereocenters. The van der Waals surface area contributed by atoms with Gasteiger partial charge < -0.3 is 10.2 Å². The van der Waals surface area contributed by atoms with Gasteiger partial charge in [0.25, 0.3) is 0 Å². The minimum absolute atomic E-state index is 1.06. The Labute approximate surface area is 116 Å². The van der Waals surface area contributed by atoms with Crippen LogP contribution in [0.3, 0.4) is 0 Å². The summed E-state index contributed by atoms with van der Waals surface area (Å²) in [6.07, 6.45) is 1.19. The van der Waals surface area contributed by atoms with Gasteiger partial charge in [-0.15, -0.1) is 0 Å². The third kappa shape index (κ3) is 3.48. The quantitative estimate of drug-likeness (QED) is 0.760. The van der Waals surface area contributed by atoms with E-state index in [-0.39, 0.29) is 0 Å². The van der Waals surface area contributed by atoms with Crippen LogP contribution in [0.4, 0.5) is 5.69 Å². The first-order valence-corrected chi connectivity index (χ1v) is 7.30. The molecule has 0 unspecified atom stereocenters. The molecular weight excluding hydrogens is 232 g/mol. The Morgan fingerprint density at radius 1 is 1.00 bits per heavy atom. The van der Waals surface area contributed by atoms with Crippen LogP contribution in [0.15, 0.2) is 42.5 Å². The molecule has 0 saturated carbocycles. The topological polar surface area (TPSA) is 15.3 Å². The Hall–Kier alpha value is -1.54. The van der Waals surface area contributed by atoms with E-state index >= 15 is 0 Å². The van der Waals surface area contributed by atoms with Gasteiger partial charge in [0, 0.05) is 24.2 Å². The molecule has 0 radical (unpaired) electrons. The van der Waals surface area contributed by atoms with E-state index in [1.54, 1.807) is 0 Å². The van der Waals surface area contributed by atoms with E-state index < -0.39 is 0 Å². The maximum absolute atomic E-state index is 3.39. The SMILES string of the molecule is CCNCCCN(CC)c1cccc2ccccc12. The summed E-state index contributed by atoms with van der Waals surface area (Å²) in [5.41, 5.74) is 1.36. The minimum Gasteiger partial charge on any atom is -0.371 e. The van der Waals surface area contributed by atoms with E-state index in [4.69, 9.17) is 0 Å². The number of rotatable bonds is 7. The zero-order valence-corrected chi connectivity index (χ0v) is 12.0. The van der Waals surface area contributed by atoms with Crippen LogP contribution in [0.25, 0.3) is 10.8 Å². The lowest BCUT2D eigenvalue weighted by Crippen LogP contribution is -2.27. The number of nitrogens with one attached hydrogen (secondary N) is 1. The predicted molar refractivity (Wildman–Crippen MR) is 85.0 cm³/mol. The first kappa shape index (κ1) is 13.9. The largest absolute Gasteiger partial charge is 0.371 e. The fourth-order valence-electron chi connectivity index (χ4n) is 2.50. The lowest BCUT2D eigenvalue weighted by Gasteiger charge is -2.24. The van der Waals surface area contributed by atoms with Gasteiger partial charge in [-0.25, -0.2) is 0 Å². The summed E-state index contributed by atoms with van der Waals surface area (Å²) >= 11 is 0. The van der Waals surface area contributed by atoms with Crippen molar-refractivity contribution in [3.8, 4) is 0 Å². The molecule has 0 aliphatic rings. The molecule has 0 aromatic heterocycles. The summed E-state index contributed by atoms with van der Waals surface area (Å²) in [7, 11) is 0. The molecule has 19 heavy (non-hydrogen) atoms. The normalized spacial score (nSPS) is 10.8. The molecule has 1 N–H and O–H groups in total. The first-order valence-electron chi connectivity index (χ1n) is 7.30. The van der Waals surface area contributed by atoms with Gasteiger partial charge in [0.2, 0.25) is 0 Å². The van der Waals surface area contributed by atoms with Gasteiger partial charge in [0.05, 0.1) is 0 Å². The van der Waals surface area contributed by atoms with Crippen molar-refractivity contribution in [3.63, 3.8) is 0 Å². The molecule has 0 heterocycles. The second kappa shape index (κ2) is 7.15. The van der Waals surface area contributed by atoms with E-state index in [1.165, 1.54) is 22.9 Å². The van der Waals surface area contributed by atoms with E-state index in [9.17, 15) is 0 Å². The van der Waals surface area contributed by atoms with Gasteiger partial charge in [-0.05, 0) is 37.9 Å². The molecule has 102 valence electrons. The monoisotopic (exact) mass is 256 g/mol. The first-order chi connectivity index (χ1) is 9.36. The van der Waals surface area contributed by atoms with E-state index in [0.29, 0.717) is 0 Å². The molecular formula is C17H24N2. The van der Waals surface area contributed by atoms with Crippen molar-refractivity contribution in [2.75, 3.05) is 31.1 Å². The van der Waals surface area contributed by atoms with Gasteiger partial charge in [-0.1, -0.05) is 43.3 Å². The molecule has 0 amide bonds. The number of hydrogen-bond acceptors (Lipinski definition) is 2. The maximum Gasteiger partial charge on any atom is 0.0445 e. The Morgan fingerprint density at radius 3 is 2.58 bits per heavy atom. The van der Waals surface area contributed by atoms with Crippen LogP contribution in [-0.2, 0) is 0 Å². The smallest absolute Gasteiger partial charge is 0.0445 e. The predicted octanol–water partition coefficient (Wildman–Crippen LogP) is 3.67. The summed E-state index contributed by atoms with van der Waals surface area (Å²) < 4.78 is 0. The van der Waals surface area contributed by atoms with Crippen molar-refractivity contribution in [1.29, 1.82) is 0 Å². The highest BCUT2D eigenvalue weighted by Crippen LogP contribution is 2.26. The standard InChI is InChI=1S/C17H24N2/c1-3-18-13-8-14-19(4-2)17-12-7-10-15-9-5-6-11-16(15)17/h5-7,9-12,18H,3-4,8,13-14H2,1-2H3. The molecule has 2 nitrogen and oxygen atoms in total. The van der Waals surface area contributed by atoms with Crippen molar-refractivity contribution in [2.45, 2.75) is 20.3 Å². The van der Waals surface area contributed by atoms with Crippen LogP contribution in [0, 0.1) is 0 Å². The molecule has 0 spiro atoms. The molecule has 0 saturated heterocycles. The average Bonchev–Trinajstić information content (AvgIpc) is 2.47. The van der Waals surface area contributed by atoms with Crippen LogP contribution in [0.2, 0.25) is 0 Å². The van der Waals surface area contributed by atoms with Crippen molar-refractivity contribution < 1.29 is 0 Å². The summed E-state index contributed by atoms with van der Waals surface area (Å²) in [5, 5.41) is 6.07. The number of anilines is 1. The fraction of sp³-hybridized carbons (Fsp3) is 0.412. The van der Waals surface area contributed by atoms with Crippen LogP contribution in [0.5, 0.6) is 0 Å². The zero-order chi connectivity index (χ0) is 13.5. The number of benzene rings is 2. The van der Waals surface area contributed by atoms with Crippen LogP contribution in [0.1, 0.15) is 20.3 Å². The van der Waals surface area contributed by atoms with Crippen LogP contribution < -0.4 is 10.2 Å². The van der Waals surface area contributed by atoms with Crippen molar-refractivity contribution in [2.24, 2.45) is 0 Å². The summed E-state index contributed by atoms with van der Waals surface area (Å²) in [6, 6.07) is 15.2. The molecule has 0 aliphatic carbocycles. The maximum atomic E-state index is 3.39. The highest BCUT2D eigenvalue weighted by molar-refractivity contribution is 5.94. The number of fused-ring (bicyclic) bond motifs is 1. The summed E-state index contributed by atoms with van der Waals surface area (Å²) in [5.74, 6) is 0. The van der Waals surface area contributed by atoms with Gasteiger partial charge in [-0.3, -0.25) is 0 Å². The van der Waals surface area contributed by atoms with E-state index in [1.807, 2.05) is 0 Å². The molecule has 0 bridgehead atoms. The fourth-order valence-corrected chi connectivity index (χ4v) is 2.50. The highest BCUT2D eigenvalue weighted by atomic mass is 15.1. The van der Waals surface area contributed by atoms with Gasteiger partial charge >= 0.3 is 0 Å². The molecule has 0 fully saturated rings. The van der Waals surface area contributed by atoms with Crippen LogP contribution in [-0.4, -0.2) is 26.2 Å². The Kier molecular flexibility index (Phi) is 5.22. The highest BCUT2D eigenvalue weighted by Gasteiger charge is 2.07. The third-order valence-electron chi connectivity index (χ3n) is 3.52. The lowest BCUT2D eigenvalue weighted by atomic mass is 10.1. The second-order valence-corrected chi connectivity index (χ2v) is 4.79. The summed E-state index contributed by atoms with van der Waals surface area (Å²) in [4.78, 5) is 2.47. The minimum atomic E-state index is 1.06. The Bertz CT molecular complexity index is 502. The zero-order valence-electron chi connectivity index (χ0n) is 12.0. The van der Waals surface area contributed by atoms with E-state index in [0.717, 1.165) is 26.2 Å². The van der Waals surface area contributed by atoms with Gasteiger partial charge in [0.1, 0.15) is 0 Å². The van der Waals surface area contributed by atoms with Gasteiger partial charge in [0.15, 0.2) is 0 Å². The summed E-state index contributed by atoms with van der Waals surface area (Å²) in [6.45, 7) is 8.70. The van der Waals surface area contributed by atoms with Crippen molar-refractivity contribution in [3.05, 3.63) is 42.5 Å². The van der Waals surface area contributed by atoms with E-state index in [2.05, 4.69) is 66.5 Å². The number of hydrogen-bond donors (Lipinski definition) is 1. The van der Waals surface area contributed by atoms with Crippen molar-refractivity contribution >= 4 is 16.5 Å². The van der Waals surface area contributed by atoms with Gasteiger partial charge in [-0.2, -0.15) is 0 Å². The van der Waals surface area contributed by atoms with Crippen molar-refractivity contribution in [1.82, 2.24) is 5.32 Å². The molecule has 2 aromatic carbocycles. The lowest BCUT2D eigenvalue weighted by molar-refractivity contribution is 0.656. The Morgan fingerprint density at radius 2 is 1.79 bits per heavy atom. The third-order valence-corrected chi connectivity index (χ3v) is 3.52. The molecule has 2 rings (SSSR count). The van der Waals surface area contributed by atoms with Crippen LogP contribution >= 0.6 is 0 Å². The molecule has 0 aliphatic heterocycles. The number of nitrogens with zero attached hydrogens (tertiary/aromatic N) is 1. The Balaban J connectivity index is 2.16. The average molecular weight is 256 g/mol. The molecule has 2 aromatic rings. The molecule has 2 heteroatoms. The second-order valence-electron chi connectivity index (χ2n) is 4.79.